The average Bonchev–Trinajstić information content (AvgIpc) is 2.79. The number of halogens is 3. The van der Waals surface area contributed by atoms with E-state index in [1.54, 1.807) is 19.1 Å². The van der Waals surface area contributed by atoms with Gasteiger partial charge in [0.25, 0.3) is 0 Å². The zero-order valence-electron chi connectivity index (χ0n) is 10.6. The van der Waals surface area contributed by atoms with Crippen molar-refractivity contribution in [2.45, 2.75) is 11.8 Å². The molecule has 106 valence electrons. The van der Waals surface area contributed by atoms with E-state index in [4.69, 9.17) is 16.3 Å². The number of hydrogen-bond donors (Lipinski definition) is 0. The highest BCUT2D eigenvalue weighted by molar-refractivity contribution is 9.09. The number of aryl methyl sites for hydroxylation is 1. The Morgan fingerprint density at radius 3 is 2.85 bits per heavy atom. The summed E-state index contributed by atoms with van der Waals surface area (Å²) in [6.45, 7) is 1.78. The molecule has 1 aromatic carbocycles. The first kappa shape index (κ1) is 15.4. The largest absolute Gasteiger partial charge is 0.464 e. The highest BCUT2D eigenvalue weighted by atomic mass is 79.9. The van der Waals surface area contributed by atoms with Gasteiger partial charge in [-0.1, -0.05) is 33.6 Å². The van der Waals surface area contributed by atoms with E-state index in [9.17, 15) is 9.18 Å². The minimum atomic E-state index is -0.539. The van der Waals surface area contributed by atoms with Crippen LogP contribution >= 0.6 is 38.9 Å². The minimum absolute atomic E-state index is 0.200. The molecule has 3 nitrogen and oxygen atoms in total. The summed E-state index contributed by atoms with van der Waals surface area (Å²) >= 11 is 10.5. The molecule has 20 heavy (non-hydrogen) atoms. The Hall–Kier alpha value is -0.980. The van der Waals surface area contributed by atoms with Crippen molar-refractivity contribution in [3.63, 3.8) is 0 Å². The van der Waals surface area contributed by atoms with E-state index < -0.39 is 16.6 Å². The first-order chi connectivity index (χ1) is 9.43. The fourth-order valence-electron chi connectivity index (χ4n) is 1.71. The van der Waals surface area contributed by atoms with Gasteiger partial charge < -0.3 is 4.74 Å². The number of thiazole rings is 1. The van der Waals surface area contributed by atoms with Crippen molar-refractivity contribution in [1.29, 1.82) is 0 Å². The molecule has 0 fully saturated rings. The van der Waals surface area contributed by atoms with Crippen LogP contribution in [0.15, 0.2) is 18.2 Å². The summed E-state index contributed by atoms with van der Waals surface area (Å²) in [5.41, 5.74) is 0.592. The van der Waals surface area contributed by atoms with E-state index in [0.717, 1.165) is 0 Å². The molecule has 7 heteroatoms. The van der Waals surface area contributed by atoms with Gasteiger partial charge in [0.2, 0.25) is 0 Å². The summed E-state index contributed by atoms with van der Waals surface area (Å²) in [6.07, 6.45) is 0. The zero-order chi connectivity index (χ0) is 14.9. The monoisotopic (exact) mass is 377 g/mol. The first-order valence-corrected chi connectivity index (χ1v) is 7.69. The normalized spacial score (nSPS) is 12.2. The van der Waals surface area contributed by atoms with Crippen LogP contribution in [0.1, 0.15) is 30.8 Å². The molecule has 0 saturated carbocycles. The van der Waals surface area contributed by atoms with Gasteiger partial charge in [-0.15, -0.1) is 11.3 Å². The van der Waals surface area contributed by atoms with E-state index in [1.807, 2.05) is 0 Å². The van der Waals surface area contributed by atoms with Crippen molar-refractivity contribution in [2.75, 3.05) is 7.11 Å². The molecular weight excluding hydrogens is 369 g/mol. The molecule has 0 bridgehead atoms. The SMILES string of the molecule is COC(=O)c1nc(C)sc1C(Br)c1ccc(Cl)cc1F. The van der Waals surface area contributed by atoms with Crippen molar-refractivity contribution in [3.05, 3.63) is 50.2 Å². The van der Waals surface area contributed by atoms with Gasteiger partial charge >= 0.3 is 5.97 Å². The van der Waals surface area contributed by atoms with Crippen LogP contribution in [0.4, 0.5) is 4.39 Å². The zero-order valence-corrected chi connectivity index (χ0v) is 13.8. The summed E-state index contributed by atoms with van der Waals surface area (Å²) in [5, 5.41) is 1.03. The lowest BCUT2D eigenvalue weighted by Crippen LogP contribution is -2.07. The van der Waals surface area contributed by atoms with Crippen LogP contribution in [0, 0.1) is 12.7 Å². The fourth-order valence-corrected chi connectivity index (χ4v) is 3.64. The van der Waals surface area contributed by atoms with Crippen LogP contribution in [0.25, 0.3) is 0 Å². The molecule has 2 rings (SSSR count). The predicted octanol–water partition coefficient (Wildman–Crippen LogP) is 4.51. The van der Waals surface area contributed by atoms with Crippen LogP contribution in [0.5, 0.6) is 0 Å². The summed E-state index contributed by atoms with van der Waals surface area (Å²) in [5.74, 6) is -0.982. The Morgan fingerprint density at radius 2 is 2.25 bits per heavy atom. The van der Waals surface area contributed by atoms with Crippen LogP contribution < -0.4 is 0 Å². The third kappa shape index (κ3) is 3.02. The number of esters is 1. The molecule has 0 aliphatic carbocycles. The maximum atomic E-state index is 14.0. The van der Waals surface area contributed by atoms with E-state index in [-0.39, 0.29) is 5.69 Å². The van der Waals surface area contributed by atoms with Crippen molar-refractivity contribution in [3.8, 4) is 0 Å². The number of nitrogens with zero attached hydrogens (tertiary/aromatic N) is 1. The molecule has 0 aliphatic heterocycles. The van der Waals surface area contributed by atoms with Gasteiger partial charge in [-0.2, -0.15) is 0 Å². The highest BCUT2D eigenvalue weighted by Gasteiger charge is 2.25. The summed E-state index contributed by atoms with van der Waals surface area (Å²) in [7, 11) is 1.28. The third-order valence-corrected chi connectivity index (χ3v) is 5.13. The average molecular weight is 379 g/mol. The Labute approximate surface area is 132 Å². The van der Waals surface area contributed by atoms with E-state index in [0.29, 0.717) is 20.5 Å². The Balaban J connectivity index is 2.48. The summed E-state index contributed by atoms with van der Waals surface area (Å²) in [6, 6.07) is 4.41. The van der Waals surface area contributed by atoms with Crippen LogP contribution in [-0.2, 0) is 4.74 Å². The molecule has 0 radical (unpaired) electrons. The maximum absolute atomic E-state index is 14.0. The van der Waals surface area contributed by atoms with Crippen molar-refractivity contribution in [1.82, 2.24) is 4.98 Å². The van der Waals surface area contributed by atoms with Gasteiger partial charge in [0, 0.05) is 10.6 Å². The molecule has 0 N–H and O–H groups in total. The number of ether oxygens (including phenoxy) is 1. The Morgan fingerprint density at radius 1 is 1.55 bits per heavy atom. The molecule has 0 saturated heterocycles. The van der Waals surface area contributed by atoms with Gasteiger partial charge in [-0.05, 0) is 19.1 Å². The quantitative estimate of drug-likeness (QED) is 0.582. The predicted molar refractivity (Wildman–Crippen MR) is 80.4 cm³/mol. The standard InChI is InChI=1S/C13H10BrClFNO2S/c1-6-17-11(13(18)19-2)12(20-6)10(14)8-4-3-7(15)5-9(8)16/h3-5,10H,1-2H3. The van der Waals surface area contributed by atoms with E-state index in [1.165, 1.54) is 24.5 Å². The minimum Gasteiger partial charge on any atom is -0.464 e. The van der Waals surface area contributed by atoms with Crippen molar-refractivity contribution in [2.24, 2.45) is 0 Å². The molecule has 1 atom stereocenters. The van der Waals surface area contributed by atoms with Crippen molar-refractivity contribution >= 4 is 44.8 Å². The van der Waals surface area contributed by atoms with Gasteiger partial charge in [0.05, 0.1) is 21.8 Å². The van der Waals surface area contributed by atoms with Gasteiger partial charge in [-0.25, -0.2) is 14.2 Å². The fraction of sp³-hybridized carbons (Fsp3) is 0.231. The van der Waals surface area contributed by atoms with Gasteiger partial charge in [-0.3, -0.25) is 0 Å². The second kappa shape index (κ2) is 6.20. The third-order valence-electron chi connectivity index (χ3n) is 2.60. The lowest BCUT2D eigenvalue weighted by Gasteiger charge is -2.11. The van der Waals surface area contributed by atoms with Crippen LogP contribution in [-0.4, -0.2) is 18.1 Å². The second-order valence-corrected chi connectivity index (χ2v) is 6.55. The summed E-state index contributed by atoms with van der Waals surface area (Å²) in [4.78, 5) is 16.0. The van der Waals surface area contributed by atoms with Gasteiger partial charge in [0.15, 0.2) is 5.69 Å². The molecule has 0 aliphatic rings. The molecule has 2 aromatic rings. The Kier molecular flexibility index (Phi) is 4.78. The molecule has 1 unspecified atom stereocenters. The number of rotatable bonds is 3. The highest BCUT2D eigenvalue weighted by Crippen LogP contribution is 2.38. The number of methoxy groups -OCH3 is 1. The number of benzene rings is 1. The number of alkyl halides is 1. The molecule has 1 heterocycles. The van der Waals surface area contributed by atoms with Gasteiger partial charge in [0.1, 0.15) is 5.82 Å². The van der Waals surface area contributed by atoms with E-state index in [2.05, 4.69) is 20.9 Å². The molecular formula is C13H10BrClFNO2S. The summed E-state index contributed by atoms with van der Waals surface area (Å²) < 4.78 is 18.7. The second-order valence-electron chi connectivity index (χ2n) is 3.97. The molecule has 1 aromatic heterocycles. The first-order valence-electron chi connectivity index (χ1n) is 5.58. The number of hydrogen-bond acceptors (Lipinski definition) is 4. The molecule has 0 spiro atoms. The van der Waals surface area contributed by atoms with Crippen LogP contribution in [0.2, 0.25) is 5.02 Å². The lowest BCUT2D eigenvalue weighted by molar-refractivity contribution is 0.0593. The topological polar surface area (TPSA) is 39.2 Å². The number of carbonyl (C=O) groups is 1. The Bertz CT molecular complexity index is 662. The number of carbonyl (C=O) groups excluding carboxylic acids is 1. The number of aromatic nitrogens is 1. The van der Waals surface area contributed by atoms with E-state index >= 15 is 0 Å². The smallest absolute Gasteiger partial charge is 0.357 e. The lowest BCUT2D eigenvalue weighted by atomic mass is 10.1. The van der Waals surface area contributed by atoms with Crippen LogP contribution in [0.3, 0.4) is 0 Å². The van der Waals surface area contributed by atoms with Crippen molar-refractivity contribution < 1.29 is 13.9 Å². The molecule has 0 amide bonds. The maximum Gasteiger partial charge on any atom is 0.357 e.